The molecule has 0 saturated heterocycles. The molecule has 1 rings (SSSR count). The Kier molecular flexibility index (Phi) is 4.57. The van der Waals surface area contributed by atoms with Crippen LogP contribution in [0.25, 0.3) is 6.08 Å². The van der Waals surface area contributed by atoms with Crippen LogP contribution >= 0.6 is 0 Å². The first-order valence-corrected chi connectivity index (χ1v) is 4.92. The summed E-state index contributed by atoms with van der Waals surface area (Å²) >= 11 is 0. The van der Waals surface area contributed by atoms with Crippen molar-refractivity contribution in [3.05, 3.63) is 54.1 Å². The molecule has 0 saturated carbocycles. The molecule has 92 valence electrons. The molecule has 0 fully saturated rings. The number of carboxylic acid groups (broad SMARTS) is 1. The lowest BCUT2D eigenvalue weighted by Gasteiger charge is -2.00. The Hall–Kier alpha value is -2.69. The molecule has 1 N–H and O–H groups in total. The molecule has 1 aromatic rings. The van der Waals surface area contributed by atoms with Crippen LogP contribution in [0.2, 0.25) is 0 Å². The normalized spacial score (nSPS) is 10.0. The molecule has 18 heavy (non-hydrogen) atoms. The smallest absolute Gasteiger partial charge is 0.346 e. The second-order valence-electron chi connectivity index (χ2n) is 3.21. The molecule has 5 heteroatoms. The van der Waals surface area contributed by atoms with Crippen LogP contribution in [0, 0.1) is 0 Å². The number of aliphatic carboxylic acids is 1. The van der Waals surface area contributed by atoms with E-state index in [0.29, 0.717) is 12.2 Å². The summed E-state index contributed by atoms with van der Waals surface area (Å²) in [6, 6.07) is 6.24. The zero-order valence-electron chi connectivity index (χ0n) is 9.33. The number of rotatable bonds is 4. The Balaban J connectivity index is 2.67. The van der Waals surface area contributed by atoms with Crippen LogP contribution in [0.5, 0.6) is 0 Å². The van der Waals surface area contributed by atoms with Crippen LogP contribution < -0.4 is 0 Å². The number of esters is 2. The molecular weight excluding hydrogens is 236 g/mol. The molecule has 0 radical (unpaired) electrons. The lowest BCUT2D eigenvalue weighted by molar-refractivity contribution is -0.134. The number of carboxylic acids is 1. The van der Waals surface area contributed by atoms with Gasteiger partial charge in [-0.3, -0.25) is 0 Å². The minimum atomic E-state index is -1.30. The number of carbonyl (C=O) groups excluding carboxylic acids is 2. The summed E-state index contributed by atoms with van der Waals surface area (Å²) < 4.78 is 4.41. The van der Waals surface area contributed by atoms with Gasteiger partial charge in [-0.05, 0) is 17.7 Å². The summed E-state index contributed by atoms with van der Waals surface area (Å²) in [4.78, 5) is 32.6. The monoisotopic (exact) mass is 246 g/mol. The largest absolute Gasteiger partial charge is 0.478 e. The van der Waals surface area contributed by atoms with Crippen molar-refractivity contribution >= 4 is 24.0 Å². The van der Waals surface area contributed by atoms with E-state index in [-0.39, 0.29) is 5.56 Å². The van der Waals surface area contributed by atoms with E-state index in [1.807, 2.05) is 0 Å². The maximum Gasteiger partial charge on any atom is 0.346 e. The molecular formula is C13H10O5. The minimum Gasteiger partial charge on any atom is -0.478 e. The van der Waals surface area contributed by atoms with Crippen molar-refractivity contribution in [2.45, 2.75) is 0 Å². The van der Waals surface area contributed by atoms with Gasteiger partial charge in [0.1, 0.15) is 0 Å². The van der Waals surface area contributed by atoms with E-state index in [9.17, 15) is 14.4 Å². The van der Waals surface area contributed by atoms with Crippen molar-refractivity contribution in [1.29, 1.82) is 0 Å². The SMILES string of the molecule is C=Cc1ccc(C(=O)OC(=O)/C=C\C(=O)O)cc1. The maximum absolute atomic E-state index is 11.4. The second kappa shape index (κ2) is 6.15. The van der Waals surface area contributed by atoms with Crippen molar-refractivity contribution in [2.24, 2.45) is 0 Å². The van der Waals surface area contributed by atoms with Gasteiger partial charge in [-0.25, -0.2) is 14.4 Å². The zero-order valence-corrected chi connectivity index (χ0v) is 9.33. The lowest BCUT2D eigenvalue weighted by Crippen LogP contribution is -2.10. The summed E-state index contributed by atoms with van der Waals surface area (Å²) in [5.74, 6) is -3.17. The van der Waals surface area contributed by atoms with E-state index in [1.54, 1.807) is 18.2 Å². The van der Waals surface area contributed by atoms with Gasteiger partial charge in [0.15, 0.2) is 0 Å². The Morgan fingerprint density at radius 2 is 1.72 bits per heavy atom. The van der Waals surface area contributed by atoms with E-state index in [2.05, 4.69) is 11.3 Å². The summed E-state index contributed by atoms with van der Waals surface area (Å²) in [6.45, 7) is 3.56. The standard InChI is InChI=1S/C13H10O5/c1-2-9-3-5-10(6-4-9)13(17)18-12(16)8-7-11(14)15/h2-8H,1H2,(H,14,15)/b8-7-. The van der Waals surface area contributed by atoms with Crippen LogP contribution in [-0.4, -0.2) is 23.0 Å². The molecule has 0 aliphatic heterocycles. The topological polar surface area (TPSA) is 80.7 Å². The molecule has 1 aromatic carbocycles. The fourth-order valence-corrected chi connectivity index (χ4v) is 1.08. The summed E-state index contributed by atoms with van der Waals surface area (Å²) in [7, 11) is 0. The highest BCUT2D eigenvalue weighted by Gasteiger charge is 2.10. The molecule has 0 amide bonds. The predicted octanol–water partition coefficient (Wildman–Crippen LogP) is 1.65. The van der Waals surface area contributed by atoms with E-state index in [1.165, 1.54) is 12.1 Å². The minimum absolute atomic E-state index is 0.192. The third-order valence-corrected chi connectivity index (χ3v) is 1.94. The fourth-order valence-electron chi connectivity index (χ4n) is 1.08. The fraction of sp³-hybridized carbons (Fsp3) is 0. The van der Waals surface area contributed by atoms with Crippen molar-refractivity contribution in [1.82, 2.24) is 0 Å². The van der Waals surface area contributed by atoms with Crippen molar-refractivity contribution < 1.29 is 24.2 Å². The van der Waals surface area contributed by atoms with Crippen LogP contribution in [0.3, 0.4) is 0 Å². The molecule has 0 aromatic heterocycles. The van der Waals surface area contributed by atoms with Gasteiger partial charge in [-0.1, -0.05) is 24.8 Å². The van der Waals surface area contributed by atoms with Crippen molar-refractivity contribution in [3.63, 3.8) is 0 Å². The van der Waals surface area contributed by atoms with E-state index >= 15 is 0 Å². The van der Waals surface area contributed by atoms with Crippen LogP contribution in [0.1, 0.15) is 15.9 Å². The highest BCUT2D eigenvalue weighted by atomic mass is 16.6. The second-order valence-corrected chi connectivity index (χ2v) is 3.21. The first kappa shape index (κ1) is 13.4. The van der Waals surface area contributed by atoms with Gasteiger partial charge >= 0.3 is 17.9 Å². The molecule has 0 heterocycles. The highest BCUT2D eigenvalue weighted by molar-refractivity contribution is 6.01. The van der Waals surface area contributed by atoms with Gasteiger partial charge in [0.25, 0.3) is 0 Å². The van der Waals surface area contributed by atoms with E-state index in [0.717, 1.165) is 5.56 Å². The number of carbonyl (C=O) groups is 3. The quantitative estimate of drug-likeness (QED) is 0.496. The van der Waals surface area contributed by atoms with E-state index < -0.39 is 17.9 Å². The van der Waals surface area contributed by atoms with Crippen LogP contribution in [-0.2, 0) is 14.3 Å². The first-order chi connectivity index (χ1) is 8.52. The average Bonchev–Trinajstić information content (AvgIpc) is 2.36. The maximum atomic E-state index is 11.4. The Morgan fingerprint density at radius 3 is 2.22 bits per heavy atom. The predicted molar refractivity (Wildman–Crippen MR) is 63.7 cm³/mol. The number of hydrogen-bond acceptors (Lipinski definition) is 4. The van der Waals surface area contributed by atoms with Gasteiger partial charge in [0, 0.05) is 12.2 Å². The van der Waals surface area contributed by atoms with Gasteiger partial charge in [-0.2, -0.15) is 0 Å². The number of ether oxygens (including phenoxy) is 1. The van der Waals surface area contributed by atoms with E-state index in [4.69, 9.17) is 5.11 Å². The Bertz CT molecular complexity index is 511. The van der Waals surface area contributed by atoms with Gasteiger partial charge in [-0.15, -0.1) is 0 Å². The lowest BCUT2D eigenvalue weighted by atomic mass is 10.1. The number of benzene rings is 1. The van der Waals surface area contributed by atoms with Gasteiger partial charge in [0.2, 0.25) is 0 Å². The first-order valence-electron chi connectivity index (χ1n) is 4.92. The zero-order chi connectivity index (χ0) is 13.5. The average molecular weight is 246 g/mol. The van der Waals surface area contributed by atoms with Crippen molar-refractivity contribution in [3.8, 4) is 0 Å². The summed E-state index contributed by atoms with van der Waals surface area (Å²) in [5, 5.41) is 8.28. The van der Waals surface area contributed by atoms with Gasteiger partial charge < -0.3 is 9.84 Å². The molecule has 0 aliphatic carbocycles. The van der Waals surface area contributed by atoms with Crippen LogP contribution in [0.4, 0.5) is 0 Å². The third kappa shape index (κ3) is 4.05. The molecule has 0 unspecified atom stereocenters. The number of hydrogen-bond donors (Lipinski definition) is 1. The van der Waals surface area contributed by atoms with Crippen LogP contribution in [0.15, 0.2) is 43.0 Å². The van der Waals surface area contributed by atoms with Gasteiger partial charge in [0.05, 0.1) is 5.56 Å². The Labute approximate surface area is 103 Å². The summed E-state index contributed by atoms with van der Waals surface area (Å²) in [5.41, 5.74) is 1.02. The third-order valence-electron chi connectivity index (χ3n) is 1.94. The molecule has 0 spiro atoms. The summed E-state index contributed by atoms with van der Waals surface area (Å²) in [6.07, 6.45) is 2.87. The molecule has 5 nitrogen and oxygen atoms in total. The molecule has 0 aliphatic rings. The van der Waals surface area contributed by atoms with Crippen molar-refractivity contribution in [2.75, 3.05) is 0 Å². The highest BCUT2D eigenvalue weighted by Crippen LogP contribution is 2.07. The molecule has 0 atom stereocenters. The molecule has 0 bridgehead atoms. The Morgan fingerprint density at radius 1 is 1.11 bits per heavy atom.